The maximum Gasteiger partial charge on any atom is 0.387 e. The number of hydrogen-bond donors (Lipinski definition) is 0. The highest BCUT2D eigenvalue weighted by Crippen LogP contribution is 2.23. The van der Waals surface area contributed by atoms with Crippen LogP contribution in [-0.4, -0.2) is 72.4 Å². The lowest BCUT2D eigenvalue weighted by Gasteiger charge is -2.35. The van der Waals surface area contributed by atoms with Crippen molar-refractivity contribution < 1.29 is 23.1 Å². The van der Waals surface area contributed by atoms with E-state index in [-0.39, 0.29) is 23.1 Å². The summed E-state index contributed by atoms with van der Waals surface area (Å²) in [7, 11) is 0. The first-order valence-electron chi connectivity index (χ1n) is 10.9. The van der Waals surface area contributed by atoms with Crippen molar-refractivity contribution in [3.63, 3.8) is 0 Å². The molecule has 0 spiro atoms. The molecular weight excluding hydrogens is 416 g/mol. The number of piperazine rings is 1. The van der Waals surface area contributed by atoms with Gasteiger partial charge in [0.25, 0.3) is 11.8 Å². The third kappa shape index (κ3) is 5.24. The van der Waals surface area contributed by atoms with Crippen molar-refractivity contribution in [3.8, 4) is 5.75 Å². The third-order valence-electron chi connectivity index (χ3n) is 5.97. The average Bonchev–Trinajstić information content (AvgIpc) is 3.31. The molecule has 0 saturated carbocycles. The van der Waals surface area contributed by atoms with Crippen molar-refractivity contribution >= 4 is 11.8 Å². The van der Waals surface area contributed by atoms with Gasteiger partial charge in [-0.1, -0.05) is 24.3 Å². The fourth-order valence-electron chi connectivity index (χ4n) is 4.31. The Morgan fingerprint density at radius 2 is 1.50 bits per heavy atom. The molecule has 0 bridgehead atoms. The summed E-state index contributed by atoms with van der Waals surface area (Å²) in [5, 5.41) is 0. The van der Waals surface area contributed by atoms with Crippen LogP contribution in [0.4, 0.5) is 8.78 Å². The van der Waals surface area contributed by atoms with Crippen LogP contribution in [0, 0.1) is 0 Å². The Labute approximate surface area is 186 Å². The minimum Gasteiger partial charge on any atom is -0.434 e. The maximum atomic E-state index is 13.0. The average molecular weight is 443 g/mol. The number of carbonyl (C=O) groups excluding carboxylic acids is 2. The number of carbonyl (C=O) groups is 2. The van der Waals surface area contributed by atoms with Gasteiger partial charge in [-0.25, -0.2) is 0 Å². The second-order valence-electron chi connectivity index (χ2n) is 8.14. The molecule has 8 heteroatoms. The molecule has 2 heterocycles. The van der Waals surface area contributed by atoms with Gasteiger partial charge in [0, 0.05) is 38.3 Å². The van der Waals surface area contributed by atoms with Crippen molar-refractivity contribution in [1.29, 1.82) is 0 Å². The molecule has 0 unspecified atom stereocenters. The first kappa shape index (κ1) is 22.2. The summed E-state index contributed by atoms with van der Waals surface area (Å²) in [4.78, 5) is 31.6. The molecule has 2 aliphatic rings. The van der Waals surface area contributed by atoms with Crippen LogP contribution in [0.15, 0.2) is 48.5 Å². The SMILES string of the molecule is O=C(c1cccc(CN2CCCC2)c1)N1CCN(C(=O)c2ccccc2OC(F)F)CC1. The van der Waals surface area contributed by atoms with Crippen LogP contribution in [0.3, 0.4) is 0 Å². The van der Waals surface area contributed by atoms with Crippen LogP contribution in [0.25, 0.3) is 0 Å². The van der Waals surface area contributed by atoms with Gasteiger partial charge in [0.05, 0.1) is 5.56 Å². The number of amides is 2. The zero-order chi connectivity index (χ0) is 22.5. The molecule has 0 aliphatic carbocycles. The summed E-state index contributed by atoms with van der Waals surface area (Å²) in [5.41, 5.74) is 1.88. The van der Waals surface area contributed by atoms with Crippen LogP contribution in [0.5, 0.6) is 5.75 Å². The quantitative estimate of drug-likeness (QED) is 0.686. The molecule has 32 heavy (non-hydrogen) atoms. The fourth-order valence-corrected chi connectivity index (χ4v) is 4.31. The van der Waals surface area contributed by atoms with Crippen LogP contribution in [0.1, 0.15) is 39.1 Å². The molecule has 0 N–H and O–H groups in total. The van der Waals surface area contributed by atoms with E-state index >= 15 is 0 Å². The molecule has 0 aromatic heterocycles. The molecule has 4 rings (SSSR count). The lowest BCUT2D eigenvalue weighted by atomic mass is 10.1. The van der Waals surface area contributed by atoms with E-state index in [1.54, 1.807) is 21.9 Å². The number of nitrogens with zero attached hydrogens (tertiary/aromatic N) is 3. The lowest BCUT2D eigenvalue weighted by Crippen LogP contribution is -2.50. The minimum absolute atomic E-state index is 0.0539. The molecule has 0 atom stereocenters. The normalized spacial score (nSPS) is 17.1. The summed E-state index contributed by atoms with van der Waals surface area (Å²) in [6.45, 7) is 1.49. The van der Waals surface area contributed by atoms with Crippen molar-refractivity contribution in [3.05, 3.63) is 65.2 Å². The summed E-state index contributed by atoms with van der Waals surface area (Å²) in [5.74, 6) is -0.566. The van der Waals surface area contributed by atoms with E-state index in [9.17, 15) is 18.4 Å². The van der Waals surface area contributed by atoms with Gasteiger partial charge in [-0.3, -0.25) is 14.5 Å². The van der Waals surface area contributed by atoms with Gasteiger partial charge in [-0.15, -0.1) is 0 Å². The standard InChI is InChI=1S/C24H27F2N3O3/c25-24(26)32-21-9-2-1-8-20(21)23(31)29-14-12-28(13-15-29)22(30)19-7-5-6-18(16-19)17-27-10-3-4-11-27/h1-2,5-9,16,24H,3-4,10-15,17H2. The largest absolute Gasteiger partial charge is 0.434 e. The predicted octanol–water partition coefficient (Wildman–Crippen LogP) is 3.48. The molecule has 0 radical (unpaired) electrons. The van der Waals surface area contributed by atoms with Gasteiger partial charge >= 0.3 is 6.61 Å². The van der Waals surface area contributed by atoms with Crippen molar-refractivity contribution in [2.45, 2.75) is 26.0 Å². The summed E-state index contributed by atoms with van der Waals surface area (Å²) in [6.07, 6.45) is 2.45. The molecule has 2 aromatic rings. The number of hydrogen-bond acceptors (Lipinski definition) is 4. The Bertz CT molecular complexity index is 955. The van der Waals surface area contributed by atoms with E-state index in [1.807, 2.05) is 24.3 Å². The van der Waals surface area contributed by atoms with Crippen molar-refractivity contribution in [2.24, 2.45) is 0 Å². The molecule has 2 fully saturated rings. The summed E-state index contributed by atoms with van der Waals surface area (Å²) in [6, 6.07) is 13.7. The highest BCUT2D eigenvalue weighted by atomic mass is 19.3. The van der Waals surface area contributed by atoms with Gasteiger partial charge in [0.1, 0.15) is 5.75 Å². The zero-order valence-electron chi connectivity index (χ0n) is 17.9. The fraction of sp³-hybridized carbons (Fsp3) is 0.417. The zero-order valence-corrected chi connectivity index (χ0v) is 17.9. The lowest BCUT2D eigenvalue weighted by molar-refractivity contribution is -0.0503. The third-order valence-corrected chi connectivity index (χ3v) is 5.97. The van der Waals surface area contributed by atoms with E-state index in [0.717, 1.165) is 25.2 Å². The smallest absolute Gasteiger partial charge is 0.387 e. The highest BCUT2D eigenvalue weighted by molar-refractivity contribution is 5.97. The van der Waals surface area contributed by atoms with E-state index in [4.69, 9.17) is 0 Å². The van der Waals surface area contributed by atoms with E-state index in [0.29, 0.717) is 31.7 Å². The Morgan fingerprint density at radius 1 is 0.844 bits per heavy atom. The Kier molecular flexibility index (Phi) is 6.99. The molecule has 6 nitrogen and oxygen atoms in total. The van der Waals surface area contributed by atoms with Gasteiger partial charge in [0.2, 0.25) is 0 Å². The molecule has 2 amide bonds. The van der Waals surface area contributed by atoms with Crippen LogP contribution in [0.2, 0.25) is 0 Å². The molecular formula is C24H27F2N3O3. The second kappa shape index (κ2) is 10.1. The second-order valence-corrected chi connectivity index (χ2v) is 8.14. The Balaban J connectivity index is 1.36. The number of likely N-dealkylation sites (tertiary alicyclic amines) is 1. The monoisotopic (exact) mass is 443 g/mol. The first-order chi connectivity index (χ1) is 15.5. The number of ether oxygens (including phenoxy) is 1. The Morgan fingerprint density at radius 3 is 2.19 bits per heavy atom. The summed E-state index contributed by atoms with van der Waals surface area (Å²) >= 11 is 0. The number of rotatable bonds is 6. The van der Waals surface area contributed by atoms with Gasteiger partial charge < -0.3 is 14.5 Å². The number of para-hydroxylation sites is 1. The molecule has 2 aliphatic heterocycles. The topological polar surface area (TPSA) is 53.1 Å². The maximum absolute atomic E-state index is 13.0. The highest BCUT2D eigenvalue weighted by Gasteiger charge is 2.27. The summed E-state index contributed by atoms with van der Waals surface area (Å²) < 4.78 is 29.8. The van der Waals surface area contributed by atoms with Crippen LogP contribution >= 0.6 is 0 Å². The van der Waals surface area contributed by atoms with E-state index in [1.165, 1.54) is 25.0 Å². The molecule has 2 saturated heterocycles. The first-order valence-corrected chi connectivity index (χ1v) is 10.9. The van der Waals surface area contributed by atoms with Crippen LogP contribution < -0.4 is 4.74 Å². The van der Waals surface area contributed by atoms with Gasteiger partial charge in [-0.05, 0) is 55.8 Å². The van der Waals surface area contributed by atoms with Crippen LogP contribution in [-0.2, 0) is 6.54 Å². The van der Waals surface area contributed by atoms with E-state index in [2.05, 4.69) is 9.64 Å². The van der Waals surface area contributed by atoms with Gasteiger partial charge in [-0.2, -0.15) is 8.78 Å². The van der Waals surface area contributed by atoms with E-state index < -0.39 is 6.61 Å². The number of halogens is 2. The van der Waals surface area contributed by atoms with Crippen molar-refractivity contribution in [1.82, 2.24) is 14.7 Å². The van der Waals surface area contributed by atoms with Crippen molar-refractivity contribution in [2.75, 3.05) is 39.3 Å². The predicted molar refractivity (Wildman–Crippen MR) is 116 cm³/mol. The van der Waals surface area contributed by atoms with Gasteiger partial charge in [0.15, 0.2) is 0 Å². The minimum atomic E-state index is -3.00. The number of alkyl halides is 2. The number of benzene rings is 2. The molecule has 2 aromatic carbocycles. The Hall–Kier alpha value is -3.00. The molecule has 170 valence electrons.